The van der Waals surface area contributed by atoms with Gasteiger partial charge in [-0.2, -0.15) is 0 Å². The van der Waals surface area contributed by atoms with Crippen LogP contribution in [0.25, 0.3) is 0 Å². The lowest BCUT2D eigenvalue weighted by Crippen LogP contribution is -2.56. The molecule has 1 aliphatic heterocycles. The summed E-state index contributed by atoms with van der Waals surface area (Å²) in [4.78, 5) is 14.2. The van der Waals surface area contributed by atoms with E-state index in [2.05, 4.69) is 0 Å². The fourth-order valence-corrected chi connectivity index (χ4v) is 5.46. The van der Waals surface area contributed by atoms with Gasteiger partial charge in [0, 0.05) is 37.8 Å². The molecule has 10 heteroatoms. The summed E-state index contributed by atoms with van der Waals surface area (Å²) in [5, 5.41) is -0.227. The zero-order valence-electron chi connectivity index (χ0n) is 15.2. The van der Waals surface area contributed by atoms with Crippen LogP contribution in [0.1, 0.15) is 10.4 Å². The minimum absolute atomic E-state index is 0.0841. The van der Waals surface area contributed by atoms with Crippen molar-refractivity contribution >= 4 is 37.4 Å². The molecule has 2 aromatic carbocycles. The summed E-state index contributed by atoms with van der Waals surface area (Å²) in [6.07, 6.45) is 0. The molecular weight excluding hydrogens is 424 g/mol. The molecular formula is C18H19ClN2O5S2. The van der Waals surface area contributed by atoms with Crippen molar-refractivity contribution in [1.29, 1.82) is 0 Å². The molecule has 3 rings (SSSR count). The third-order valence-electron chi connectivity index (χ3n) is 4.60. The number of hydrogen-bond donors (Lipinski definition) is 0. The molecule has 150 valence electrons. The molecule has 1 aliphatic rings. The highest BCUT2D eigenvalue weighted by Gasteiger charge is 2.40. The predicted octanol–water partition coefficient (Wildman–Crippen LogP) is 1.89. The van der Waals surface area contributed by atoms with Crippen molar-refractivity contribution in [3.63, 3.8) is 0 Å². The van der Waals surface area contributed by atoms with E-state index in [0.29, 0.717) is 10.6 Å². The van der Waals surface area contributed by atoms with Crippen molar-refractivity contribution in [3.05, 3.63) is 59.1 Å². The first-order valence-electron chi connectivity index (χ1n) is 8.35. The van der Waals surface area contributed by atoms with E-state index in [1.54, 1.807) is 0 Å². The molecule has 0 aromatic heterocycles. The Labute approximate surface area is 169 Å². The van der Waals surface area contributed by atoms with Gasteiger partial charge in [-0.1, -0.05) is 11.6 Å². The summed E-state index contributed by atoms with van der Waals surface area (Å²) in [6.45, 7) is 0.170. The number of likely N-dealkylation sites (tertiary alicyclic amines) is 1. The second kappa shape index (κ2) is 7.47. The largest absolute Gasteiger partial charge is 0.336 e. The lowest BCUT2D eigenvalue weighted by atomic mass is 10.1. The minimum atomic E-state index is -3.57. The highest BCUT2D eigenvalue weighted by Crippen LogP contribution is 2.26. The number of carbonyl (C=O) groups excluding carboxylic acids is 1. The van der Waals surface area contributed by atoms with E-state index >= 15 is 0 Å². The standard InChI is InChI=1S/C18H19ClN2O5S2/c1-20(2)28(25,26)16-7-3-13(4-8-16)18(22)21-11-17(12-21)27(23,24)15-9-5-14(19)6-10-15/h3-10,17H,11-12H2,1-2H3. The summed E-state index contributed by atoms with van der Waals surface area (Å²) >= 11 is 5.79. The fraction of sp³-hybridized carbons (Fsp3) is 0.278. The molecule has 28 heavy (non-hydrogen) atoms. The zero-order chi connectivity index (χ0) is 20.7. The van der Waals surface area contributed by atoms with Gasteiger partial charge in [-0.05, 0) is 48.5 Å². The maximum Gasteiger partial charge on any atom is 0.253 e. The van der Waals surface area contributed by atoms with Gasteiger partial charge in [0.1, 0.15) is 5.25 Å². The topological polar surface area (TPSA) is 91.8 Å². The van der Waals surface area contributed by atoms with Crippen molar-refractivity contribution in [2.24, 2.45) is 0 Å². The first-order valence-corrected chi connectivity index (χ1v) is 11.7. The summed E-state index contributed by atoms with van der Waals surface area (Å²) in [6, 6.07) is 11.5. The Balaban J connectivity index is 1.69. The third-order valence-corrected chi connectivity index (χ3v) is 8.78. The third kappa shape index (κ3) is 3.80. The van der Waals surface area contributed by atoms with Crippen LogP contribution in [-0.2, 0) is 19.9 Å². The molecule has 0 spiro atoms. The Bertz CT molecular complexity index is 1090. The normalized spacial score (nSPS) is 15.5. The summed E-state index contributed by atoms with van der Waals surface area (Å²) in [7, 11) is -4.26. The van der Waals surface area contributed by atoms with Gasteiger partial charge in [0.2, 0.25) is 10.0 Å². The SMILES string of the molecule is CN(C)S(=O)(=O)c1ccc(C(=O)N2CC(S(=O)(=O)c3ccc(Cl)cc3)C2)cc1. The molecule has 0 bridgehead atoms. The fourth-order valence-electron chi connectivity index (χ4n) is 2.78. The van der Waals surface area contributed by atoms with Gasteiger partial charge >= 0.3 is 0 Å². The molecule has 1 fully saturated rings. The number of amides is 1. The van der Waals surface area contributed by atoms with Gasteiger partial charge in [-0.3, -0.25) is 4.79 Å². The summed E-state index contributed by atoms with van der Waals surface area (Å²) < 4.78 is 50.4. The van der Waals surface area contributed by atoms with Gasteiger partial charge in [0.05, 0.1) is 9.79 Å². The van der Waals surface area contributed by atoms with Crippen molar-refractivity contribution in [2.75, 3.05) is 27.2 Å². The van der Waals surface area contributed by atoms with Gasteiger partial charge in [-0.25, -0.2) is 21.1 Å². The van der Waals surface area contributed by atoms with Crippen LogP contribution in [0.2, 0.25) is 5.02 Å². The molecule has 1 saturated heterocycles. The van der Waals surface area contributed by atoms with Crippen molar-refractivity contribution in [1.82, 2.24) is 9.21 Å². The van der Waals surface area contributed by atoms with Crippen molar-refractivity contribution in [2.45, 2.75) is 15.0 Å². The monoisotopic (exact) mass is 442 g/mol. The Hall–Kier alpha value is -1.94. The Morgan fingerprint density at radius 2 is 1.43 bits per heavy atom. The summed E-state index contributed by atoms with van der Waals surface area (Å²) in [5.41, 5.74) is 0.306. The molecule has 0 unspecified atom stereocenters. The van der Waals surface area contributed by atoms with Crippen LogP contribution >= 0.6 is 11.6 Å². The molecule has 0 atom stereocenters. The maximum atomic E-state index is 12.6. The molecule has 7 nitrogen and oxygen atoms in total. The number of hydrogen-bond acceptors (Lipinski definition) is 5. The average Bonchev–Trinajstić information content (AvgIpc) is 2.60. The van der Waals surface area contributed by atoms with Crippen LogP contribution in [0.5, 0.6) is 0 Å². The number of sulfone groups is 1. The lowest BCUT2D eigenvalue weighted by molar-refractivity contribution is 0.0658. The van der Waals surface area contributed by atoms with Crippen LogP contribution in [0.3, 0.4) is 0 Å². The number of sulfonamides is 1. The van der Waals surface area contributed by atoms with Crippen LogP contribution < -0.4 is 0 Å². The predicted molar refractivity (Wildman–Crippen MR) is 106 cm³/mol. The van der Waals surface area contributed by atoms with Crippen LogP contribution in [0.4, 0.5) is 0 Å². The highest BCUT2D eigenvalue weighted by atomic mass is 35.5. The molecule has 0 aliphatic carbocycles. The number of halogens is 1. The molecule has 0 saturated carbocycles. The average molecular weight is 443 g/mol. The van der Waals surface area contributed by atoms with Gasteiger partial charge in [0.15, 0.2) is 9.84 Å². The van der Waals surface area contributed by atoms with E-state index in [4.69, 9.17) is 11.6 Å². The van der Waals surface area contributed by atoms with Crippen LogP contribution in [0.15, 0.2) is 58.3 Å². The van der Waals surface area contributed by atoms with E-state index in [1.807, 2.05) is 0 Å². The molecule has 1 heterocycles. The van der Waals surface area contributed by atoms with Crippen molar-refractivity contribution < 1.29 is 21.6 Å². The Kier molecular flexibility index (Phi) is 5.55. The van der Waals surface area contributed by atoms with Gasteiger partial charge in [0.25, 0.3) is 5.91 Å². The first kappa shape index (κ1) is 20.8. The highest BCUT2D eigenvalue weighted by molar-refractivity contribution is 7.92. The molecule has 0 N–H and O–H groups in total. The number of carbonyl (C=O) groups is 1. The number of nitrogens with zero attached hydrogens (tertiary/aromatic N) is 2. The Morgan fingerprint density at radius 3 is 1.93 bits per heavy atom. The molecule has 1 amide bonds. The maximum absolute atomic E-state index is 12.6. The second-order valence-corrected chi connectivity index (χ2v) is 11.5. The molecule has 2 aromatic rings. The smallest absolute Gasteiger partial charge is 0.253 e. The van der Waals surface area contributed by atoms with E-state index in [0.717, 1.165) is 4.31 Å². The van der Waals surface area contributed by atoms with E-state index < -0.39 is 25.1 Å². The van der Waals surface area contributed by atoms with E-state index in [-0.39, 0.29) is 28.8 Å². The first-order chi connectivity index (χ1) is 13.0. The van der Waals surface area contributed by atoms with E-state index in [1.165, 1.54) is 67.5 Å². The molecule has 0 radical (unpaired) electrons. The number of rotatable bonds is 5. The van der Waals surface area contributed by atoms with Crippen LogP contribution in [0, 0.1) is 0 Å². The van der Waals surface area contributed by atoms with Crippen LogP contribution in [-0.4, -0.2) is 64.4 Å². The minimum Gasteiger partial charge on any atom is -0.336 e. The number of benzene rings is 2. The zero-order valence-corrected chi connectivity index (χ0v) is 17.6. The van der Waals surface area contributed by atoms with Crippen molar-refractivity contribution in [3.8, 4) is 0 Å². The Morgan fingerprint density at radius 1 is 0.929 bits per heavy atom. The lowest BCUT2D eigenvalue weighted by Gasteiger charge is -2.38. The van der Waals surface area contributed by atoms with Gasteiger partial charge < -0.3 is 4.90 Å². The second-order valence-electron chi connectivity index (χ2n) is 6.64. The quantitative estimate of drug-likeness (QED) is 0.705. The summed E-state index contributed by atoms with van der Waals surface area (Å²) in [5.74, 6) is -0.337. The van der Waals surface area contributed by atoms with E-state index in [9.17, 15) is 21.6 Å². The van der Waals surface area contributed by atoms with Gasteiger partial charge in [-0.15, -0.1) is 0 Å².